The number of allylic oxidation sites excluding steroid dienone is 7. The van der Waals surface area contributed by atoms with Gasteiger partial charge in [-0.3, -0.25) is 9.59 Å². The Kier molecular flexibility index (Phi) is 57.7. The van der Waals surface area contributed by atoms with Crippen LogP contribution in [0.25, 0.3) is 0 Å². The van der Waals surface area contributed by atoms with E-state index in [0.717, 1.165) is 70.6 Å². The molecule has 1 saturated heterocycles. The topological polar surface area (TPSA) is 175 Å². The van der Waals surface area contributed by atoms with Crippen molar-refractivity contribution in [2.45, 2.75) is 391 Å². The molecule has 0 aromatic rings. The van der Waals surface area contributed by atoms with Crippen LogP contribution >= 0.6 is 0 Å². The zero-order chi connectivity index (χ0) is 61.0. The van der Waals surface area contributed by atoms with Crippen LogP contribution in [-0.4, -0.2) is 99.6 Å². The molecule has 8 unspecified atom stereocenters. The predicted molar refractivity (Wildman–Crippen MR) is 352 cm³/mol. The Morgan fingerprint density at radius 2 is 0.821 bits per heavy atom. The first-order chi connectivity index (χ1) is 41.2. The van der Waals surface area contributed by atoms with Crippen LogP contribution in [0.2, 0.25) is 0 Å². The van der Waals surface area contributed by atoms with Gasteiger partial charge in [-0.15, -0.1) is 0 Å². The third-order valence-corrected chi connectivity index (χ3v) is 17.0. The summed E-state index contributed by atoms with van der Waals surface area (Å²) in [7, 11) is 0. The molecule has 8 atom stereocenters. The molecule has 1 aliphatic rings. The first-order valence-electron chi connectivity index (χ1n) is 35.9. The molecular weight excluding hydrogens is 1050 g/mol. The highest BCUT2D eigenvalue weighted by atomic mass is 16.7. The maximum atomic E-state index is 13.5. The Labute approximate surface area is 516 Å². The third kappa shape index (κ3) is 47.7. The van der Waals surface area contributed by atoms with Crippen LogP contribution in [-0.2, 0) is 23.8 Å². The van der Waals surface area contributed by atoms with Crippen LogP contribution in [0.1, 0.15) is 342 Å². The Morgan fingerprint density at radius 3 is 1.25 bits per heavy atom. The second-order valence-electron chi connectivity index (χ2n) is 25.0. The fourth-order valence-electron chi connectivity index (χ4n) is 11.3. The minimum atomic E-state index is -1.61. The number of aliphatic hydroxyl groups excluding tert-OH is 5. The van der Waals surface area contributed by atoms with Gasteiger partial charge in [0.2, 0.25) is 5.91 Å². The molecule has 0 spiro atoms. The van der Waals surface area contributed by atoms with Crippen molar-refractivity contribution in [3.8, 4) is 0 Å². The van der Waals surface area contributed by atoms with Crippen molar-refractivity contribution in [1.82, 2.24) is 5.32 Å². The number of amides is 1. The Balaban J connectivity index is 2.55. The molecule has 0 aliphatic carbocycles. The lowest BCUT2D eigenvalue weighted by Crippen LogP contribution is -2.61. The predicted octanol–water partition coefficient (Wildman–Crippen LogP) is 18.3. The van der Waals surface area contributed by atoms with Crippen LogP contribution in [0.15, 0.2) is 48.6 Å². The highest BCUT2D eigenvalue weighted by Crippen LogP contribution is 2.26. The summed E-state index contributed by atoms with van der Waals surface area (Å²) >= 11 is 0. The van der Waals surface area contributed by atoms with Crippen LogP contribution in [0, 0.1) is 0 Å². The van der Waals surface area contributed by atoms with Gasteiger partial charge in [0.1, 0.15) is 24.4 Å². The van der Waals surface area contributed by atoms with Gasteiger partial charge in [-0.25, -0.2) is 0 Å². The average molecular weight is 1190 g/mol. The number of esters is 1. The second kappa shape index (κ2) is 60.9. The molecule has 6 N–H and O–H groups in total. The number of hydrogen-bond acceptors (Lipinski definition) is 10. The number of ether oxygens (including phenoxy) is 3. The lowest BCUT2D eigenvalue weighted by atomic mass is 9.99. The van der Waals surface area contributed by atoms with Crippen LogP contribution in [0.5, 0.6) is 0 Å². The summed E-state index contributed by atoms with van der Waals surface area (Å²) in [5.41, 5.74) is 0. The summed E-state index contributed by atoms with van der Waals surface area (Å²) in [6.07, 6.45) is 65.8. The van der Waals surface area contributed by atoms with Crippen molar-refractivity contribution in [2.75, 3.05) is 13.2 Å². The molecule has 1 rings (SSSR count). The monoisotopic (exact) mass is 1190 g/mol. The minimum absolute atomic E-state index is 0.129. The second-order valence-corrected chi connectivity index (χ2v) is 25.0. The van der Waals surface area contributed by atoms with Gasteiger partial charge < -0.3 is 45.1 Å². The number of carbonyl (C=O) groups is 2. The minimum Gasteiger partial charge on any atom is -0.454 e. The lowest BCUT2D eigenvalue weighted by Gasteiger charge is -2.41. The Bertz CT molecular complexity index is 1550. The van der Waals surface area contributed by atoms with Crippen molar-refractivity contribution < 1.29 is 49.3 Å². The molecular formula is C73H135NO10. The van der Waals surface area contributed by atoms with Gasteiger partial charge in [-0.1, -0.05) is 320 Å². The van der Waals surface area contributed by atoms with Crippen molar-refractivity contribution >= 4 is 11.9 Å². The molecule has 1 amide bonds. The van der Waals surface area contributed by atoms with Gasteiger partial charge in [0.25, 0.3) is 0 Å². The van der Waals surface area contributed by atoms with E-state index >= 15 is 0 Å². The van der Waals surface area contributed by atoms with E-state index in [0.29, 0.717) is 19.3 Å². The van der Waals surface area contributed by atoms with E-state index in [1.165, 1.54) is 225 Å². The Hall–Kier alpha value is -2.38. The molecule has 11 heteroatoms. The van der Waals surface area contributed by atoms with E-state index in [4.69, 9.17) is 14.2 Å². The van der Waals surface area contributed by atoms with E-state index < -0.39 is 67.4 Å². The van der Waals surface area contributed by atoms with Crippen LogP contribution in [0.4, 0.5) is 0 Å². The van der Waals surface area contributed by atoms with Gasteiger partial charge in [-0.2, -0.15) is 0 Å². The summed E-state index contributed by atoms with van der Waals surface area (Å²) in [6.45, 7) is 5.81. The molecule has 0 bridgehead atoms. The van der Waals surface area contributed by atoms with Gasteiger partial charge in [0, 0.05) is 6.42 Å². The third-order valence-electron chi connectivity index (χ3n) is 17.0. The summed E-state index contributed by atoms with van der Waals surface area (Å²) < 4.78 is 17.7. The molecule has 0 aromatic heterocycles. The van der Waals surface area contributed by atoms with Crippen molar-refractivity contribution in [1.29, 1.82) is 0 Å². The first kappa shape index (κ1) is 79.6. The maximum absolute atomic E-state index is 13.5. The molecule has 0 saturated carbocycles. The fourth-order valence-corrected chi connectivity index (χ4v) is 11.3. The maximum Gasteiger partial charge on any atom is 0.306 e. The number of hydrogen-bond donors (Lipinski definition) is 6. The number of unbranched alkanes of at least 4 members (excludes halogenated alkanes) is 42. The molecule has 0 aromatic carbocycles. The van der Waals surface area contributed by atoms with E-state index in [-0.39, 0.29) is 13.0 Å². The van der Waals surface area contributed by atoms with E-state index in [2.05, 4.69) is 62.5 Å². The quantitative estimate of drug-likeness (QED) is 0.0195. The smallest absolute Gasteiger partial charge is 0.306 e. The highest BCUT2D eigenvalue weighted by Gasteiger charge is 2.47. The molecule has 1 heterocycles. The van der Waals surface area contributed by atoms with E-state index in [1.807, 2.05) is 6.08 Å². The number of carbonyl (C=O) groups excluding carboxylic acids is 2. The fraction of sp³-hybridized carbons (Fsp3) is 0.863. The molecule has 492 valence electrons. The normalized spacial score (nSPS) is 18.7. The van der Waals surface area contributed by atoms with E-state index in [1.54, 1.807) is 6.08 Å². The highest BCUT2D eigenvalue weighted by molar-refractivity contribution is 5.80. The molecule has 84 heavy (non-hydrogen) atoms. The zero-order valence-electron chi connectivity index (χ0n) is 54.8. The van der Waals surface area contributed by atoms with Gasteiger partial charge in [0.05, 0.1) is 25.4 Å². The molecule has 1 aliphatic heterocycles. The van der Waals surface area contributed by atoms with Gasteiger partial charge in [-0.05, 0) is 64.2 Å². The molecule has 1 fully saturated rings. The summed E-state index contributed by atoms with van der Waals surface area (Å²) in [5, 5.41) is 57.2. The average Bonchev–Trinajstić information content (AvgIpc) is 3.67. The number of rotatable bonds is 62. The van der Waals surface area contributed by atoms with Gasteiger partial charge >= 0.3 is 5.97 Å². The zero-order valence-corrected chi connectivity index (χ0v) is 54.8. The summed E-state index contributed by atoms with van der Waals surface area (Å²) in [4.78, 5) is 26.7. The SMILES string of the molecule is CCCCC/C=C\C/C=C\C/C=C\CCCCCCCCCCCCCCCC(O)C(=O)NC(COC1OC(CO)C(O)C(O)C1OC(=O)CCCCCCCCCCCCCCCCCCC)C(O)/C=C/CCCCCCCCCCCC. The number of nitrogens with one attached hydrogen (secondary N) is 1. The summed E-state index contributed by atoms with van der Waals surface area (Å²) in [6, 6.07) is -1.02. The standard InChI is InChI=1S/C73H135NO10/c1-4-7-10-13-16-19-22-25-27-29-30-31-32-33-34-35-36-37-39-40-42-45-48-51-54-57-60-66(77)72(81)74-64(65(76)59-56-53-50-47-44-24-21-18-15-12-9-6-3)63-82-73-71(70(80)69(79)67(62-75)83-73)84-68(78)61-58-55-52-49-46-43-41-38-28-26-23-20-17-14-11-8-5-2/h16,19,25,27,30-31,56,59,64-67,69-71,73,75-77,79-80H,4-15,17-18,20-24,26,28-29,32-55,57-58,60-63H2,1-3H3,(H,74,81)/b19-16-,27-25-,31-30-,59-56+. The molecule has 0 radical (unpaired) electrons. The van der Waals surface area contributed by atoms with Gasteiger partial charge in [0.15, 0.2) is 12.4 Å². The Morgan fingerprint density at radius 1 is 0.464 bits per heavy atom. The number of aliphatic hydroxyl groups is 5. The van der Waals surface area contributed by atoms with Crippen molar-refractivity contribution in [3.05, 3.63) is 48.6 Å². The van der Waals surface area contributed by atoms with Crippen LogP contribution < -0.4 is 5.32 Å². The first-order valence-corrected chi connectivity index (χ1v) is 35.9. The largest absolute Gasteiger partial charge is 0.454 e. The van der Waals surface area contributed by atoms with Crippen molar-refractivity contribution in [2.24, 2.45) is 0 Å². The summed E-state index contributed by atoms with van der Waals surface area (Å²) in [5.74, 6) is -1.18. The molecule has 11 nitrogen and oxygen atoms in total. The lowest BCUT2D eigenvalue weighted by molar-refractivity contribution is -0.305. The van der Waals surface area contributed by atoms with E-state index in [9.17, 15) is 35.1 Å². The van der Waals surface area contributed by atoms with Crippen LogP contribution in [0.3, 0.4) is 0 Å². The van der Waals surface area contributed by atoms with Crippen molar-refractivity contribution in [3.63, 3.8) is 0 Å².